The van der Waals surface area contributed by atoms with E-state index in [4.69, 9.17) is 5.26 Å². The molecule has 1 aromatic heterocycles. The van der Waals surface area contributed by atoms with Gasteiger partial charge >= 0.3 is 0 Å². The van der Waals surface area contributed by atoms with Crippen molar-refractivity contribution < 1.29 is 4.79 Å². The summed E-state index contributed by atoms with van der Waals surface area (Å²) in [7, 11) is 0. The molecular formula is C17H11BrN2O. The van der Waals surface area contributed by atoms with Gasteiger partial charge in [0.2, 0.25) is 0 Å². The average molecular weight is 339 g/mol. The van der Waals surface area contributed by atoms with Gasteiger partial charge in [0.05, 0.1) is 11.6 Å². The molecule has 0 bridgehead atoms. The van der Waals surface area contributed by atoms with E-state index in [1.807, 2.05) is 31.2 Å². The van der Waals surface area contributed by atoms with Crippen molar-refractivity contribution in [1.29, 1.82) is 5.26 Å². The Morgan fingerprint density at radius 2 is 2.00 bits per heavy atom. The number of fused-ring (bicyclic) bond motifs is 1. The number of aryl methyl sites for hydroxylation is 1. The molecule has 0 radical (unpaired) electrons. The largest absolute Gasteiger partial charge is 0.360 e. The van der Waals surface area contributed by atoms with E-state index >= 15 is 0 Å². The molecule has 1 N–H and O–H groups in total. The van der Waals surface area contributed by atoms with E-state index in [-0.39, 0.29) is 5.78 Å². The van der Waals surface area contributed by atoms with Gasteiger partial charge < -0.3 is 4.98 Å². The SMILES string of the molecule is Cc1ccc(C(=O)c2c[nH]c3ccc(C#N)cc23)c(Br)c1. The van der Waals surface area contributed by atoms with Crippen LogP contribution >= 0.6 is 15.9 Å². The number of rotatable bonds is 2. The van der Waals surface area contributed by atoms with E-state index in [9.17, 15) is 4.79 Å². The zero-order valence-electron chi connectivity index (χ0n) is 11.3. The first kappa shape index (κ1) is 13.6. The number of ketones is 1. The fraction of sp³-hybridized carbons (Fsp3) is 0.0588. The van der Waals surface area contributed by atoms with Crippen LogP contribution in [0.5, 0.6) is 0 Å². The van der Waals surface area contributed by atoms with Gasteiger partial charge in [0.15, 0.2) is 5.78 Å². The number of halogens is 1. The van der Waals surface area contributed by atoms with Gasteiger partial charge in [0.1, 0.15) is 0 Å². The first-order valence-electron chi connectivity index (χ1n) is 6.42. The van der Waals surface area contributed by atoms with Crippen molar-refractivity contribution in [3.8, 4) is 6.07 Å². The lowest BCUT2D eigenvalue weighted by atomic mass is 10.0. The Kier molecular flexibility index (Phi) is 3.36. The number of hydrogen-bond donors (Lipinski definition) is 1. The zero-order chi connectivity index (χ0) is 15.0. The lowest BCUT2D eigenvalue weighted by Crippen LogP contribution is -2.01. The van der Waals surface area contributed by atoms with Gasteiger partial charge in [-0.3, -0.25) is 4.79 Å². The fourth-order valence-corrected chi connectivity index (χ4v) is 3.00. The average Bonchev–Trinajstić information content (AvgIpc) is 2.89. The summed E-state index contributed by atoms with van der Waals surface area (Å²) in [6.07, 6.45) is 1.69. The summed E-state index contributed by atoms with van der Waals surface area (Å²) in [5.74, 6) is -0.0665. The molecule has 0 aliphatic heterocycles. The van der Waals surface area contributed by atoms with Crippen LogP contribution in [0, 0.1) is 18.3 Å². The molecule has 0 spiro atoms. The van der Waals surface area contributed by atoms with E-state index in [1.54, 1.807) is 18.3 Å². The molecule has 0 aliphatic carbocycles. The van der Waals surface area contributed by atoms with E-state index in [0.717, 1.165) is 20.9 Å². The molecule has 3 aromatic rings. The second kappa shape index (κ2) is 5.19. The van der Waals surface area contributed by atoms with Crippen LogP contribution in [-0.2, 0) is 0 Å². The number of aromatic nitrogens is 1. The lowest BCUT2D eigenvalue weighted by molar-refractivity contribution is 0.103. The molecule has 0 saturated carbocycles. The number of carbonyl (C=O) groups excluding carboxylic acids is 1. The summed E-state index contributed by atoms with van der Waals surface area (Å²) in [6.45, 7) is 1.98. The number of nitrogens with one attached hydrogen (secondary N) is 1. The predicted octanol–water partition coefficient (Wildman–Crippen LogP) is 4.34. The molecule has 21 heavy (non-hydrogen) atoms. The maximum Gasteiger partial charge on any atom is 0.196 e. The summed E-state index contributed by atoms with van der Waals surface area (Å²) in [4.78, 5) is 15.8. The van der Waals surface area contributed by atoms with Crippen molar-refractivity contribution in [3.63, 3.8) is 0 Å². The van der Waals surface area contributed by atoms with Gasteiger partial charge in [-0.1, -0.05) is 22.0 Å². The normalized spacial score (nSPS) is 10.5. The number of H-pyrrole nitrogens is 1. The molecule has 1 heterocycles. The standard InChI is InChI=1S/C17H11BrN2O/c1-10-2-4-12(15(18)6-10)17(21)14-9-20-16-5-3-11(8-19)7-13(14)16/h2-7,9,20H,1H3. The lowest BCUT2D eigenvalue weighted by Gasteiger charge is -2.04. The Bertz CT molecular complexity index is 903. The molecular weight excluding hydrogens is 328 g/mol. The number of carbonyl (C=O) groups is 1. The number of benzene rings is 2. The van der Waals surface area contributed by atoms with Gasteiger partial charge in [-0.25, -0.2) is 0 Å². The highest BCUT2D eigenvalue weighted by molar-refractivity contribution is 9.10. The molecule has 3 rings (SSSR count). The maximum atomic E-state index is 12.7. The van der Waals surface area contributed by atoms with Crippen LogP contribution in [0.15, 0.2) is 47.1 Å². The Morgan fingerprint density at radius 3 is 2.71 bits per heavy atom. The monoisotopic (exact) mass is 338 g/mol. The van der Waals surface area contributed by atoms with E-state index in [1.165, 1.54) is 0 Å². The molecule has 0 fully saturated rings. The topological polar surface area (TPSA) is 56.6 Å². The van der Waals surface area contributed by atoms with Gasteiger partial charge in [-0.2, -0.15) is 5.26 Å². The third-order valence-electron chi connectivity index (χ3n) is 3.42. The van der Waals surface area contributed by atoms with Gasteiger partial charge in [0, 0.05) is 32.7 Å². The van der Waals surface area contributed by atoms with Crippen molar-refractivity contribution in [2.24, 2.45) is 0 Å². The van der Waals surface area contributed by atoms with Gasteiger partial charge in [-0.15, -0.1) is 0 Å². The summed E-state index contributed by atoms with van der Waals surface area (Å²) in [5, 5.41) is 9.77. The second-order valence-corrected chi connectivity index (χ2v) is 5.74. The van der Waals surface area contributed by atoms with Gasteiger partial charge in [-0.05, 0) is 42.8 Å². The predicted molar refractivity (Wildman–Crippen MR) is 85.3 cm³/mol. The third kappa shape index (κ3) is 2.37. The minimum absolute atomic E-state index is 0.0665. The summed E-state index contributed by atoms with van der Waals surface area (Å²) in [6, 6.07) is 13.0. The van der Waals surface area contributed by atoms with Crippen LogP contribution in [0.1, 0.15) is 27.0 Å². The first-order chi connectivity index (χ1) is 10.1. The second-order valence-electron chi connectivity index (χ2n) is 4.89. The molecule has 0 amide bonds. The zero-order valence-corrected chi connectivity index (χ0v) is 12.9. The highest BCUT2D eigenvalue weighted by Gasteiger charge is 2.17. The smallest absolute Gasteiger partial charge is 0.196 e. The van der Waals surface area contributed by atoms with E-state index < -0.39 is 0 Å². The van der Waals surface area contributed by atoms with Crippen molar-refractivity contribution in [3.05, 3.63) is 69.3 Å². The van der Waals surface area contributed by atoms with Crippen LogP contribution in [0.4, 0.5) is 0 Å². The third-order valence-corrected chi connectivity index (χ3v) is 4.08. The van der Waals surface area contributed by atoms with Crippen molar-refractivity contribution in [2.45, 2.75) is 6.92 Å². The quantitative estimate of drug-likeness (QED) is 0.706. The number of aromatic amines is 1. The highest BCUT2D eigenvalue weighted by atomic mass is 79.9. The number of nitriles is 1. The Morgan fingerprint density at radius 1 is 1.19 bits per heavy atom. The molecule has 0 atom stereocenters. The minimum Gasteiger partial charge on any atom is -0.360 e. The van der Waals surface area contributed by atoms with Crippen LogP contribution in [0.3, 0.4) is 0 Å². The summed E-state index contributed by atoms with van der Waals surface area (Å²) < 4.78 is 0.776. The van der Waals surface area contributed by atoms with Crippen LogP contribution in [-0.4, -0.2) is 10.8 Å². The van der Waals surface area contributed by atoms with Crippen LogP contribution in [0.25, 0.3) is 10.9 Å². The molecule has 0 aliphatic rings. The van der Waals surface area contributed by atoms with Crippen molar-refractivity contribution in [2.75, 3.05) is 0 Å². The molecule has 2 aromatic carbocycles. The van der Waals surface area contributed by atoms with Crippen LogP contribution in [0.2, 0.25) is 0 Å². The maximum absolute atomic E-state index is 12.7. The highest BCUT2D eigenvalue weighted by Crippen LogP contribution is 2.26. The van der Waals surface area contributed by atoms with Crippen molar-refractivity contribution >= 4 is 32.6 Å². The fourth-order valence-electron chi connectivity index (χ4n) is 2.33. The van der Waals surface area contributed by atoms with E-state index in [2.05, 4.69) is 27.0 Å². The summed E-state index contributed by atoms with van der Waals surface area (Å²) in [5.41, 5.74) is 3.67. The van der Waals surface area contributed by atoms with E-state index in [0.29, 0.717) is 16.7 Å². The van der Waals surface area contributed by atoms with Crippen LogP contribution < -0.4 is 0 Å². The Hall–Kier alpha value is -2.38. The number of nitrogens with zero attached hydrogens (tertiary/aromatic N) is 1. The molecule has 4 heteroatoms. The Balaban J connectivity index is 2.16. The molecule has 102 valence electrons. The minimum atomic E-state index is -0.0665. The molecule has 0 unspecified atom stereocenters. The summed E-state index contributed by atoms with van der Waals surface area (Å²) >= 11 is 3.44. The first-order valence-corrected chi connectivity index (χ1v) is 7.21. The van der Waals surface area contributed by atoms with Gasteiger partial charge in [0.25, 0.3) is 0 Å². The number of hydrogen-bond acceptors (Lipinski definition) is 2. The van der Waals surface area contributed by atoms with Crippen molar-refractivity contribution in [1.82, 2.24) is 4.98 Å². The molecule has 0 saturated heterocycles. The Labute approximate surface area is 130 Å². The molecule has 3 nitrogen and oxygen atoms in total.